The molecule has 2 N–H and O–H groups in total. The number of fused-ring (bicyclic) bond motifs is 1. The molecule has 2 aliphatic rings. The van der Waals surface area contributed by atoms with Gasteiger partial charge in [0.15, 0.2) is 11.5 Å². The number of benzene rings is 3. The molecular weight excluding hydrogens is 520 g/mol. The van der Waals surface area contributed by atoms with Crippen LogP contribution in [0.5, 0.6) is 17.2 Å². The van der Waals surface area contributed by atoms with Gasteiger partial charge in [0.25, 0.3) is 0 Å². The molecule has 0 bridgehead atoms. The van der Waals surface area contributed by atoms with Crippen molar-refractivity contribution in [3.63, 3.8) is 0 Å². The molecule has 8 nitrogen and oxygen atoms in total. The second-order valence-electron chi connectivity index (χ2n) is 10.8. The molecule has 1 fully saturated rings. The maximum absolute atomic E-state index is 13.7. The minimum absolute atomic E-state index is 0.0744. The van der Waals surface area contributed by atoms with Crippen molar-refractivity contribution in [2.24, 2.45) is 11.8 Å². The number of hydrogen-bond acceptors (Lipinski definition) is 6. The summed E-state index contributed by atoms with van der Waals surface area (Å²) in [6.07, 6.45) is 1.86. The fraction of sp³-hybridized carbons (Fsp3) is 0.394. The Labute approximate surface area is 241 Å². The Morgan fingerprint density at radius 3 is 2.32 bits per heavy atom. The van der Waals surface area contributed by atoms with Crippen molar-refractivity contribution < 1.29 is 28.9 Å². The van der Waals surface area contributed by atoms with Crippen LogP contribution in [-0.2, 0) is 9.59 Å². The van der Waals surface area contributed by atoms with E-state index in [0.29, 0.717) is 23.8 Å². The Hall–Kier alpha value is -4.04. The van der Waals surface area contributed by atoms with Crippen LogP contribution in [-0.4, -0.2) is 48.9 Å². The average molecular weight is 559 g/mol. The average Bonchev–Trinajstić information content (AvgIpc) is 3.62. The smallest absolute Gasteiger partial charge is 0.309 e. The SMILES string of the molecule is CCC(CC)C(NC(=O)CN1C[C@@H](c2ccc3c(c2)OCO3)[C@H](C(=O)O)[C@H]1c1ccc(OC)cc1)c1ccccc1. The summed E-state index contributed by atoms with van der Waals surface area (Å²) in [5, 5.41) is 13.8. The van der Waals surface area contributed by atoms with E-state index in [1.54, 1.807) is 7.11 Å². The normalized spacial score (nSPS) is 20.6. The molecule has 2 heterocycles. The van der Waals surface area contributed by atoms with Gasteiger partial charge in [0, 0.05) is 18.5 Å². The lowest BCUT2D eigenvalue weighted by molar-refractivity contribution is -0.143. The van der Waals surface area contributed by atoms with Crippen LogP contribution in [0, 0.1) is 11.8 Å². The number of carboxylic acid groups (broad SMARTS) is 1. The van der Waals surface area contributed by atoms with Gasteiger partial charge in [0.05, 0.1) is 25.6 Å². The first-order chi connectivity index (χ1) is 19.9. The van der Waals surface area contributed by atoms with Gasteiger partial charge in [-0.2, -0.15) is 0 Å². The number of likely N-dealkylation sites (tertiary alicyclic amines) is 1. The van der Waals surface area contributed by atoms with E-state index in [1.165, 1.54) is 0 Å². The Kier molecular flexibility index (Phi) is 8.78. The second kappa shape index (κ2) is 12.6. The largest absolute Gasteiger partial charge is 0.497 e. The van der Waals surface area contributed by atoms with E-state index in [2.05, 4.69) is 31.3 Å². The van der Waals surface area contributed by atoms with Crippen molar-refractivity contribution >= 4 is 11.9 Å². The van der Waals surface area contributed by atoms with Crippen molar-refractivity contribution in [3.05, 3.63) is 89.5 Å². The minimum Gasteiger partial charge on any atom is -0.497 e. The summed E-state index contributed by atoms with van der Waals surface area (Å²) < 4.78 is 16.4. The molecule has 4 atom stereocenters. The number of carboxylic acids is 1. The molecule has 3 aromatic carbocycles. The van der Waals surface area contributed by atoms with E-state index in [0.717, 1.165) is 29.5 Å². The number of nitrogens with one attached hydrogen (secondary N) is 1. The summed E-state index contributed by atoms with van der Waals surface area (Å²) in [6, 6.07) is 22.5. The van der Waals surface area contributed by atoms with Crippen LogP contribution in [0.15, 0.2) is 72.8 Å². The van der Waals surface area contributed by atoms with Crippen LogP contribution in [0.1, 0.15) is 61.4 Å². The van der Waals surface area contributed by atoms with Crippen LogP contribution in [0.4, 0.5) is 0 Å². The molecule has 1 saturated heterocycles. The van der Waals surface area contributed by atoms with E-state index in [4.69, 9.17) is 14.2 Å². The summed E-state index contributed by atoms with van der Waals surface area (Å²) in [6.45, 7) is 4.91. The lowest BCUT2D eigenvalue weighted by Gasteiger charge is -2.30. The second-order valence-corrected chi connectivity index (χ2v) is 10.8. The highest BCUT2D eigenvalue weighted by atomic mass is 16.7. The van der Waals surface area contributed by atoms with Crippen LogP contribution >= 0.6 is 0 Å². The van der Waals surface area contributed by atoms with Gasteiger partial charge in [0.1, 0.15) is 5.75 Å². The van der Waals surface area contributed by atoms with Gasteiger partial charge in [-0.25, -0.2) is 0 Å². The molecule has 0 aliphatic carbocycles. The fourth-order valence-corrected chi connectivity index (χ4v) is 6.37. The molecule has 3 aromatic rings. The van der Waals surface area contributed by atoms with Crippen LogP contribution in [0.3, 0.4) is 0 Å². The zero-order valence-corrected chi connectivity index (χ0v) is 23.8. The standard InChI is InChI=1S/C33H38N2O6/c1-4-21(5-2)31(22-9-7-6-8-10-22)34-29(36)19-35-18-26(24-13-16-27-28(17-24)41-20-40-27)30(33(37)38)32(35)23-11-14-25(39-3)15-12-23/h6-17,21,26,30-32H,4-5,18-20H2,1-3H3,(H,34,36)(H,37,38)/t26-,30-,31?,32+/m0/s1. The first-order valence-corrected chi connectivity index (χ1v) is 14.3. The van der Waals surface area contributed by atoms with Crippen molar-refractivity contribution in [2.75, 3.05) is 27.0 Å². The van der Waals surface area contributed by atoms with E-state index in [1.807, 2.05) is 65.6 Å². The fourth-order valence-electron chi connectivity index (χ4n) is 6.37. The third-order valence-electron chi connectivity index (χ3n) is 8.51. The topological polar surface area (TPSA) is 97.3 Å². The third-order valence-corrected chi connectivity index (χ3v) is 8.51. The monoisotopic (exact) mass is 558 g/mol. The number of ether oxygens (including phenoxy) is 3. The highest BCUT2D eigenvalue weighted by Crippen LogP contribution is 2.47. The predicted octanol–water partition coefficient (Wildman–Crippen LogP) is 5.56. The number of carbonyl (C=O) groups excluding carboxylic acids is 1. The van der Waals surface area contributed by atoms with Crippen LogP contribution in [0.25, 0.3) is 0 Å². The highest BCUT2D eigenvalue weighted by molar-refractivity contribution is 5.79. The molecule has 0 radical (unpaired) electrons. The van der Waals surface area contributed by atoms with Crippen LogP contribution in [0.2, 0.25) is 0 Å². The number of carbonyl (C=O) groups is 2. The molecule has 0 saturated carbocycles. The summed E-state index contributed by atoms with van der Waals surface area (Å²) >= 11 is 0. The van der Waals surface area contributed by atoms with Crippen molar-refractivity contribution in [1.29, 1.82) is 0 Å². The first-order valence-electron chi connectivity index (χ1n) is 14.3. The summed E-state index contributed by atoms with van der Waals surface area (Å²) in [5.74, 6) is 0.0629. The Bertz CT molecular complexity index is 1340. The van der Waals surface area contributed by atoms with Gasteiger partial charge < -0.3 is 24.6 Å². The van der Waals surface area contributed by atoms with Gasteiger partial charge in [-0.1, -0.05) is 75.2 Å². The summed E-state index contributed by atoms with van der Waals surface area (Å²) in [5.41, 5.74) is 2.75. The summed E-state index contributed by atoms with van der Waals surface area (Å²) in [7, 11) is 1.60. The molecule has 216 valence electrons. The molecule has 41 heavy (non-hydrogen) atoms. The molecule has 5 rings (SSSR count). The lowest BCUT2D eigenvalue weighted by Crippen LogP contribution is -2.41. The molecule has 1 amide bonds. The van der Waals surface area contributed by atoms with Gasteiger partial charge >= 0.3 is 5.97 Å². The summed E-state index contributed by atoms with van der Waals surface area (Å²) in [4.78, 5) is 28.6. The zero-order chi connectivity index (χ0) is 28.9. The molecule has 0 spiro atoms. The maximum atomic E-state index is 13.7. The van der Waals surface area contributed by atoms with Crippen molar-refractivity contribution in [2.45, 2.75) is 44.7 Å². The number of aliphatic carboxylic acids is 1. The molecule has 1 unspecified atom stereocenters. The molecule has 8 heteroatoms. The number of nitrogens with zero attached hydrogens (tertiary/aromatic N) is 1. The van der Waals surface area contributed by atoms with Gasteiger partial charge in [-0.15, -0.1) is 0 Å². The van der Waals surface area contributed by atoms with Gasteiger partial charge in [-0.3, -0.25) is 14.5 Å². The number of methoxy groups -OCH3 is 1. The predicted molar refractivity (Wildman–Crippen MR) is 155 cm³/mol. The maximum Gasteiger partial charge on any atom is 0.309 e. The van der Waals surface area contributed by atoms with E-state index in [-0.39, 0.29) is 37.1 Å². The Morgan fingerprint density at radius 2 is 1.66 bits per heavy atom. The van der Waals surface area contributed by atoms with Crippen molar-refractivity contribution in [1.82, 2.24) is 10.2 Å². The zero-order valence-electron chi connectivity index (χ0n) is 23.8. The quantitative estimate of drug-likeness (QED) is 0.318. The number of rotatable bonds is 11. The van der Waals surface area contributed by atoms with E-state index >= 15 is 0 Å². The number of amides is 1. The van der Waals surface area contributed by atoms with E-state index in [9.17, 15) is 14.7 Å². The first kappa shape index (κ1) is 28.5. The Balaban J connectivity index is 1.46. The lowest BCUT2D eigenvalue weighted by atomic mass is 9.82. The molecular formula is C33H38N2O6. The third kappa shape index (κ3) is 6.03. The molecule has 0 aromatic heterocycles. The minimum atomic E-state index is -0.907. The molecule has 2 aliphatic heterocycles. The van der Waals surface area contributed by atoms with Crippen molar-refractivity contribution in [3.8, 4) is 17.2 Å². The number of hydrogen-bond donors (Lipinski definition) is 2. The van der Waals surface area contributed by atoms with Gasteiger partial charge in [-0.05, 0) is 46.9 Å². The van der Waals surface area contributed by atoms with Crippen LogP contribution < -0.4 is 19.5 Å². The van der Waals surface area contributed by atoms with E-state index < -0.39 is 17.9 Å². The Morgan fingerprint density at radius 1 is 0.976 bits per heavy atom. The van der Waals surface area contributed by atoms with Gasteiger partial charge in [0.2, 0.25) is 12.7 Å². The highest BCUT2D eigenvalue weighted by Gasteiger charge is 2.48.